The third kappa shape index (κ3) is 3.93. The van der Waals surface area contributed by atoms with Crippen molar-refractivity contribution >= 4 is 27.7 Å². The molecule has 0 fully saturated rings. The summed E-state index contributed by atoms with van der Waals surface area (Å²) in [5.74, 6) is -4.81. The minimum atomic E-state index is -3.63. The van der Waals surface area contributed by atoms with Crippen molar-refractivity contribution in [1.29, 1.82) is 0 Å². The number of amides is 1. The molecule has 1 aromatic heterocycles. The Labute approximate surface area is 151 Å². The van der Waals surface area contributed by atoms with Gasteiger partial charge in [0.1, 0.15) is 5.82 Å². The molecule has 0 bridgehead atoms. The number of carbonyl (C=O) groups excluding carboxylic acids is 1. The molecule has 0 radical (unpaired) electrons. The average molecular weight is 406 g/mol. The molecule has 1 heterocycles. The molecule has 1 N–H and O–H groups in total. The zero-order valence-corrected chi connectivity index (χ0v) is 14.6. The number of benzene rings is 2. The van der Waals surface area contributed by atoms with E-state index in [4.69, 9.17) is 0 Å². The van der Waals surface area contributed by atoms with Crippen molar-refractivity contribution in [2.24, 2.45) is 0 Å². The first-order valence-corrected chi connectivity index (χ1v) is 8.27. The van der Waals surface area contributed by atoms with E-state index in [1.54, 1.807) is 6.07 Å². The molecule has 0 aliphatic rings. The van der Waals surface area contributed by atoms with Gasteiger partial charge < -0.3 is 5.32 Å². The topological polar surface area (TPSA) is 46.9 Å². The average Bonchev–Trinajstić information content (AvgIpc) is 3.04. The highest BCUT2D eigenvalue weighted by Gasteiger charge is 2.41. The lowest BCUT2D eigenvalue weighted by molar-refractivity contribution is -0.141. The number of rotatable bonds is 5. The van der Waals surface area contributed by atoms with Crippen molar-refractivity contribution < 1.29 is 13.6 Å². The Bertz CT molecular complexity index is 864. The second-order valence-electron chi connectivity index (χ2n) is 5.40. The van der Waals surface area contributed by atoms with Crippen molar-refractivity contribution in [3.8, 4) is 0 Å². The Morgan fingerprint density at radius 3 is 2.44 bits per heavy atom. The molecule has 0 saturated carbocycles. The maximum Gasteiger partial charge on any atom is 0.350 e. The van der Waals surface area contributed by atoms with Gasteiger partial charge in [0.25, 0.3) is 0 Å². The van der Waals surface area contributed by atoms with Crippen LogP contribution in [0.4, 0.5) is 14.6 Å². The molecule has 128 valence electrons. The van der Waals surface area contributed by atoms with E-state index < -0.39 is 11.8 Å². The molecule has 1 amide bonds. The smallest absolute Gasteiger partial charge is 0.305 e. The van der Waals surface area contributed by atoms with E-state index in [-0.39, 0.29) is 11.4 Å². The second kappa shape index (κ2) is 7.14. The number of nitrogens with zero attached hydrogens (tertiary/aromatic N) is 2. The van der Waals surface area contributed by atoms with Crippen molar-refractivity contribution in [2.45, 2.75) is 12.5 Å². The third-order valence-electron chi connectivity index (χ3n) is 3.63. The molecule has 3 aromatic rings. The van der Waals surface area contributed by atoms with Crippen LogP contribution in [0.2, 0.25) is 0 Å². The fourth-order valence-electron chi connectivity index (χ4n) is 2.30. The Morgan fingerprint density at radius 2 is 1.76 bits per heavy atom. The highest BCUT2D eigenvalue weighted by Crippen LogP contribution is 2.29. The Balaban J connectivity index is 1.76. The Kier molecular flexibility index (Phi) is 4.94. The van der Waals surface area contributed by atoms with E-state index in [0.29, 0.717) is 6.54 Å². The lowest BCUT2D eigenvalue weighted by Gasteiger charge is -2.17. The van der Waals surface area contributed by atoms with Crippen LogP contribution < -0.4 is 5.32 Å². The number of carbonyl (C=O) groups is 1. The van der Waals surface area contributed by atoms with Crippen LogP contribution in [0.5, 0.6) is 0 Å². The van der Waals surface area contributed by atoms with Gasteiger partial charge in [0, 0.05) is 16.1 Å². The van der Waals surface area contributed by atoms with Crippen molar-refractivity contribution in [2.75, 3.05) is 5.32 Å². The maximum absolute atomic E-state index is 14.3. The summed E-state index contributed by atoms with van der Waals surface area (Å²) in [4.78, 5) is 12.1. The van der Waals surface area contributed by atoms with Crippen LogP contribution >= 0.6 is 15.9 Å². The van der Waals surface area contributed by atoms with Crippen LogP contribution in [0.25, 0.3) is 0 Å². The monoisotopic (exact) mass is 405 g/mol. The van der Waals surface area contributed by atoms with E-state index in [1.807, 2.05) is 24.3 Å². The van der Waals surface area contributed by atoms with Gasteiger partial charge in [-0.2, -0.15) is 13.9 Å². The summed E-state index contributed by atoms with van der Waals surface area (Å²) in [6.45, 7) is 0.354. The molecule has 3 rings (SSSR count). The number of halogens is 3. The molecule has 0 aliphatic heterocycles. The van der Waals surface area contributed by atoms with Crippen LogP contribution in [0.15, 0.2) is 71.3 Å². The summed E-state index contributed by atoms with van der Waals surface area (Å²) in [7, 11) is 0. The van der Waals surface area contributed by atoms with Gasteiger partial charge in [0.05, 0.1) is 12.7 Å². The van der Waals surface area contributed by atoms with Crippen LogP contribution in [0, 0.1) is 0 Å². The summed E-state index contributed by atoms with van der Waals surface area (Å²) in [6, 6.07) is 16.0. The maximum atomic E-state index is 14.3. The number of anilines is 1. The number of hydrogen-bond acceptors (Lipinski definition) is 2. The summed E-state index contributed by atoms with van der Waals surface area (Å²) >= 11 is 3.35. The highest BCUT2D eigenvalue weighted by atomic mass is 79.9. The van der Waals surface area contributed by atoms with Gasteiger partial charge in [0.15, 0.2) is 0 Å². The molecule has 4 nitrogen and oxygen atoms in total. The van der Waals surface area contributed by atoms with Gasteiger partial charge in [-0.25, -0.2) is 4.68 Å². The highest BCUT2D eigenvalue weighted by molar-refractivity contribution is 9.10. The van der Waals surface area contributed by atoms with Crippen molar-refractivity contribution in [1.82, 2.24) is 9.78 Å². The molecule has 0 unspecified atom stereocenters. The van der Waals surface area contributed by atoms with Crippen LogP contribution in [0.3, 0.4) is 0 Å². The van der Waals surface area contributed by atoms with E-state index >= 15 is 0 Å². The Hall–Kier alpha value is -2.54. The first-order chi connectivity index (χ1) is 12.0. The van der Waals surface area contributed by atoms with Gasteiger partial charge >= 0.3 is 11.8 Å². The van der Waals surface area contributed by atoms with Gasteiger partial charge in [-0.15, -0.1) is 0 Å². The standard InChI is InChI=1S/C18H14BrF2N3O/c19-15-8-6-13(7-9-15)12-24-16(10-11-22-24)23-17(25)18(20,21)14-4-2-1-3-5-14/h1-11H,12H2,(H,23,25). The molecule has 0 saturated heterocycles. The fraction of sp³-hybridized carbons (Fsp3) is 0.111. The van der Waals surface area contributed by atoms with Crippen LogP contribution in [-0.4, -0.2) is 15.7 Å². The van der Waals surface area contributed by atoms with E-state index in [2.05, 4.69) is 26.3 Å². The summed E-state index contributed by atoms with van der Waals surface area (Å²) in [6.07, 6.45) is 1.45. The summed E-state index contributed by atoms with van der Waals surface area (Å²) in [5.41, 5.74) is 0.573. The number of nitrogens with one attached hydrogen (secondary N) is 1. The zero-order valence-electron chi connectivity index (χ0n) is 13.0. The largest absolute Gasteiger partial charge is 0.350 e. The lowest BCUT2D eigenvalue weighted by Crippen LogP contribution is -2.33. The van der Waals surface area contributed by atoms with Crippen molar-refractivity contribution in [3.05, 3.63) is 82.5 Å². The fourth-order valence-corrected chi connectivity index (χ4v) is 2.57. The normalized spacial score (nSPS) is 11.3. The zero-order chi connectivity index (χ0) is 17.9. The van der Waals surface area contributed by atoms with Gasteiger partial charge in [-0.05, 0) is 17.7 Å². The van der Waals surface area contributed by atoms with E-state index in [9.17, 15) is 13.6 Å². The predicted octanol–water partition coefficient (Wildman–Crippen LogP) is 4.42. The molecular formula is C18H14BrF2N3O. The minimum absolute atomic E-state index is 0.212. The second-order valence-corrected chi connectivity index (χ2v) is 6.31. The molecule has 7 heteroatoms. The SMILES string of the molecule is O=C(Nc1ccnn1Cc1ccc(Br)cc1)C(F)(F)c1ccccc1. The van der Waals surface area contributed by atoms with Gasteiger partial charge in [-0.1, -0.05) is 58.4 Å². The lowest BCUT2D eigenvalue weighted by atomic mass is 10.1. The van der Waals surface area contributed by atoms with Gasteiger partial charge in [0.2, 0.25) is 0 Å². The Morgan fingerprint density at radius 1 is 1.08 bits per heavy atom. The molecule has 2 aromatic carbocycles. The summed E-state index contributed by atoms with van der Waals surface area (Å²) < 4.78 is 31.0. The molecule has 25 heavy (non-hydrogen) atoms. The van der Waals surface area contributed by atoms with E-state index in [0.717, 1.165) is 10.0 Å². The summed E-state index contributed by atoms with van der Waals surface area (Å²) in [5, 5.41) is 6.35. The first kappa shape index (κ1) is 17.3. The molecule has 0 aliphatic carbocycles. The number of hydrogen-bond donors (Lipinski definition) is 1. The predicted molar refractivity (Wildman–Crippen MR) is 94.4 cm³/mol. The first-order valence-electron chi connectivity index (χ1n) is 7.48. The number of alkyl halides is 2. The van der Waals surface area contributed by atoms with Gasteiger partial charge in [-0.3, -0.25) is 4.79 Å². The van der Waals surface area contributed by atoms with Crippen molar-refractivity contribution in [3.63, 3.8) is 0 Å². The molecular weight excluding hydrogens is 392 g/mol. The minimum Gasteiger partial charge on any atom is -0.305 e. The quantitative estimate of drug-likeness (QED) is 0.682. The van der Waals surface area contributed by atoms with E-state index in [1.165, 1.54) is 41.2 Å². The van der Waals surface area contributed by atoms with Crippen LogP contribution in [-0.2, 0) is 17.3 Å². The molecule has 0 spiro atoms. The van der Waals surface area contributed by atoms with Crippen LogP contribution in [0.1, 0.15) is 11.1 Å². The number of aromatic nitrogens is 2. The third-order valence-corrected chi connectivity index (χ3v) is 4.15. The molecule has 0 atom stereocenters.